The Balaban J connectivity index is 1.74. The number of rotatable bonds is 4. The number of aromatic amines is 1. The number of nitrogens with one attached hydrogen (secondary N) is 2. The molecule has 1 fully saturated rings. The number of H-pyrrole nitrogens is 1. The third kappa shape index (κ3) is 2.51. The summed E-state index contributed by atoms with van der Waals surface area (Å²) in [7, 11) is 0. The number of carbonyl (C=O) groups is 2. The maximum atomic E-state index is 12.0. The maximum Gasteiger partial charge on any atom is 0.295 e. The first-order chi connectivity index (χ1) is 9.63. The van der Waals surface area contributed by atoms with Gasteiger partial charge in [-0.3, -0.25) is 14.7 Å². The lowest BCUT2D eigenvalue weighted by molar-refractivity contribution is 0.0994. The van der Waals surface area contributed by atoms with Crippen molar-refractivity contribution in [3.63, 3.8) is 0 Å². The molecule has 1 saturated carbocycles. The Morgan fingerprint density at radius 1 is 1.35 bits per heavy atom. The molecule has 1 aliphatic rings. The molecular formula is C13H13N5O2. The van der Waals surface area contributed by atoms with Crippen molar-refractivity contribution in [1.29, 1.82) is 0 Å². The summed E-state index contributed by atoms with van der Waals surface area (Å²) in [5.41, 5.74) is 5.99. The van der Waals surface area contributed by atoms with Crippen LogP contribution in [0.1, 0.15) is 45.6 Å². The second-order valence-corrected chi connectivity index (χ2v) is 4.72. The Hall–Kier alpha value is -2.70. The summed E-state index contributed by atoms with van der Waals surface area (Å²) in [5, 5.41) is 9.29. The molecule has 0 radical (unpaired) electrons. The minimum Gasteiger partial charge on any atom is -0.366 e. The lowest BCUT2D eigenvalue weighted by Crippen LogP contribution is -2.15. The van der Waals surface area contributed by atoms with Crippen LogP contribution in [0.25, 0.3) is 0 Å². The molecule has 1 heterocycles. The molecule has 1 aromatic carbocycles. The Labute approximate surface area is 114 Å². The summed E-state index contributed by atoms with van der Waals surface area (Å²) in [6.07, 6.45) is 2.16. The van der Waals surface area contributed by atoms with E-state index in [4.69, 9.17) is 5.73 Å². The Morgan fingerprint density at radius 2 is 2.15 bits per heavy atom. The van der Waals surface area contributed by atoms with Crippen molar-refractivity contribution in [2.24, 2.45) is 5.73 Å². The summed E-state index contributed by atoms with van der Waals surface area (Å²) in [5.74, 6) is 0.282. The first kappa shape index (κ1) is 12.3. The highest BCUT2D eigenvalue weighted by molar-refractivity contribution is 6.02. The van der Waals surface area contributed by atoms with Crippen LogP contribution in [-0.4, -0.2) is 27.0 Å². The number of carbonyl (C=O) groups excluding carboxylic acids is 2. The van der Waals surface area contributed by atoms with E-state index in [2.05, 4.69) is 20.5 Å². The standard InChI is InChI=1S/C13H13N5O2/c14-10(19)8-2-1-3-9(6-8)15-13(20)12-16-11(17-18-12)7-4-5-7/h1-3,6-7H,4-5H2,(H2,14,19)(H,15,20)(H,16,17,18). The zero-order valence-corrected chi connectivity index (χ0v) is 10.6. The highest BCUT2D eigenvalue weighted by Gasteiger charge is 2.28. The molecule has 7 heteroatoms. The van der Waals surface area contributed by atoms with Gasteiger partial charge in [-0.1, -0.05) is 6.07 Å². The number of nitrogens with two attached hydrogens (primary N) is 1. The number of amides is 2. The number of hydrogen-bond donors (Lipinski definition) is 3. The molecule has 4 N–H and O–H groups in total. The third-order valence-electron chi connectivity index (χ3n) is 3.07. The van der Waals surface area contributed by atoms with Crippen LogP contribution in [0, 0.1) is 0 Å². The maximum absolute atomic E-state index is 12.0. The van der Waals surface area contributed by atoms with Crippen LogP contribution in [0.3, 0.4) is 0 Å². The summed E-state index contributed by atoms with van der Waals surface area (Å²) < 4.78 is 0. The molecule has 3 rings (SSSR count). The first-order valence-corrected chi connectivity index (χ1v) is 6.27. The second kappa shape index (κ2) is 4.76. The van der Waals surface area contributed by atoms with Gasteiger partial charge in [0.2, 0.25) is 11.7 Å². The van der Waals surface area contributed by atoms with Crippen molar-refractivity contribution < 1.29 is 9.59 Å². The number of aromatic nitrogens is 3. The summed E-state index contributed by atoms with van der Waals surface area (Å²) in [4.78, 5) is 27.2. The van der Waals surface area contributed by atoms with Crippen LogP contribution in [0.4, 0.5) is 5.69 Å². The van der Waals surface area contributed by atoms with E-state index >= 15 is 0 Å². The van der Waals surface area contributed by atoms with E-state index in [9.17, 15) is 9.59 Å². The number of benzene rings is 1. The van der Waals surface area contributed by atoms with Gasteiger partial charge >= 0.3 is 0 Å². The van der Waals surface area contributed by atoms with Gasteiger partial charge in [-0.2, -0.15) is 0 Å². The van der Waals surface area contributed by atoms with E-state index in [1.165, 1.54) is 6.07 Å². The number of primary amides is 1. The SMILES string of the molecule is NC(=O)c1cccc(NC(=O)c2n[nH]c(C3CC3)n2)c1. The fourth-order valence-corrected chi connectivity index (χ4v) is 1.85. The summed E-state index contributed by atoms with van der Waals surface area (Å²) in [6.45, 7) is 0. The van der Waals surface area contributed by atoms with E-state index in [1.54, 1.807) is 18.2 Å². The van der Waals surface area contributed by atoms with Gasteiger partial charge in [-0.25, -0.2) is 4.98 Å². The van der Waals surface area contributed by atoms with Crippen molar-refractivity contribution in [3.05, 3.63) is 41.5 Å². The van der Waals surface area contributed by atoms with E-state index in [0.29, 0.717) is 17.2 Å². The average molecular weight is 271 g/mol. The van der Waals surface area contributed by atoms with Crippen LogP contribution in [-0.2, 0) is 0 Å². The van der Waals surface area contributed by atoms with Crippen LogP contribution >= 0.6 is 0 Å². The summed E-state index contributed by atoms with van der Waals surface area (Å²) >= 11 is 0. The largest absolute Gasteiger partial charge is 0.366 e. The highest BCUT2D eigenvalue weighted by atomic mass is 16.2. The van der Waals surface area contributed by atoms with Crippen molar-refractivity contribution in [2.45, 2.75) is 18.8 Å². The molecule has 20 heavy (non-hydrogen) atoms. The number of nitrogens with zero attached hydrogens (tertiary/aromatic N) is 2. The Bertz CT molecular complexity index is 675. The van der Waals surface area contributed by atoms with Crippen LogP contribution < -0.4 is 11.1 Å². The van der Waals surface area contributed by atoms with Crippen LogP contribution in [0.2, 0.25) is 0 Å². The van der Waals surface area contributed by atoms with E-state index in [-0.39, 0.29) is 5.82 Å². The van der Waals surface area contributed by atoms with Gasteiger partial charge in [-0.05, 0) is 31.0 Å². The molecule has 0 bridgehead atoms. The fraction of sp³-hybridized carbons (Fsp3) is 0.231. The Morgan fingerprint density at radius 3 is 2.85 bits per heavy atom. The predicted molar refractivity (Wildman–Crippen MR) is 71.3 cm³/mol. The molecule has 2 amide bonds. The monoisotopic (exact) mass is 271 g/mol. The quantitative estimate of drug-likeness (QED) is 0.770. The zero-order valence-electron chi connectivity index (χ0n) is 10.6. The van der Waals surface area contributed by atoms with Gasteiger partial charge < -0.3 is 11.1 Å². The normalized spacial score (nSPS) is 14.0. The van der Waals surface area contributed by atoms with Crippen molar-refractivity contribution >= 4 is 17.5 Å². The molecule has 1 aliphatic carbocycles. The molecule has 0 atom stereocenters. The van der Waals surface area contributed by atoms with E-state index in [0.717, 1.165) is 18.7 Å². The average Bonchev–Trinajstić information content (AvgIpc) is 3.16. The topological polar surface area (TPSA) is 114 Å². The Kier molecular flexibility index (Phi) is 2.94. The highest BCUT2D eigenvalue weighted by Crippen LogP contribution is 2.37. The first-order valence-electron chi connectivity index (χ1n) is 6.27. The molecule has 0 spiro atoms. The van der Waals surface area contributed by atoms with Gasteiger partial charge in [-0.15, -0.1) is 5.10 Å². The molecule has 2 aromatic rings. The smallest absolute Gasteiger partial charge is 0.295 e. The number of anilines is 1. The molecule has 1 aromatic heterocycles. The van der Waals surface area contributed by atoms with Gasteiger partial charge in [0.15, 0.2) is 0 Å². The van der Waals surface area contributed by atoms with Crippen molar-refractivity contribution in [1.82, 2.24) is 15.2 Å². The molecule has 0 unspecified atom stereocenters. The lowest BCUT2D eigenvalue weighted by Gasteiger charge is -2.03. The zero-order chi connectivity index (χ0) is 14.1. The van der Waals surface area contributed by atoms with Gasteiger partial charge in [0.05, 0.1) is 0 Å². The fourth-order valence-electron chi connectivity index (χ4n) is 1.85. The van der Waals surface area contributed by atoms with Crippen LogP contribution in [0.5, 0.6) is 0 Å². The van der Waals surface area contributed by atoms with Gasteiger partial charge in [0.1, 0.15) is 5.82 Å². The third-order valence-corrected chi connectivity index (χ3v) is 3.07. The number of hydrogen-bond acceptors (Lipinski definition) is 4. The summed E-state index contributed by atoms with van der Waals surface area (Å²) in [6, 6.07) is 6.40. The molecule has 0 aliphatic heterocycles. The second-order valence-electron chi connectivity index (χ2n) is 4.72. The van der Waals surface area contributed by atoms with E-state index < -0.39 is 11.8 Å². The van der Waals surface area contributed by atoms with Crippen LogP contribution in [0.15, 0.2) is 24.3 Å². The van der Waals surface area contributed by atoms with E-state index in [1.807, 2.05) is 0 Å². The lowest BCUT2D eigenvalue weighted by atomic mass is 10.2. The van der Waals surface area contributed by atoms with Gasteiger partial charge in [0.25, 0.3) is 5.91 Å². The molecule has 0 saturated heterocycles. The molecule has 102 valence electrons. The van der Waals surface area contributed by atoms with Crippen molar-refractivity contribution in [3.8, 4) is 0 Å². The molecule has 7 nitrogen and oxygen atoms in total. The molecular weight excluding hydrogens is 258 g/mol. The predicted octanol–water partition coefficient (Wildman–Crippen LogP) is 1.03. The van der Waals surface area contributed by atoms with Crippen molar-refractivity contribution in [2.75, 3.05) is 5.32 Å². The minimum atomic E-state index is -0.546. The van der Waals surface area contributed by atoms with Gasteiger partial charge in [0, 0.05) is 17.2 Å². The minimum absolute atomic E-state index is 0.0939.